The second-order valence-electron chi connectivity index (χ2n) is 5.52. The van der Waals surface area contributed by atoms with Crippen molar-refractivity contribution in [1.82, 2.24) is 4.98 Å². The van der Waals surface area contributed by atoms with E-state index in [-0.39, 0.29) is 5.56 Å². The molecule has 2 nitrogen and oxygen atoms in total. The number of H-pyrrole nitrogens is 1. The lowest BCUT2D eigenvalue weighted by Crippen LogP contribution is -2.08. The Bertz CT molecular complexity index is 919. The standard InChI is InChI=1S/C17H13NO.C6H6/c19-17-16(14-9-5-2-6-10-14)11-15(12-18-17)13-7-3-1-4-8-13;1-2-4-6-5-3-1/h1-12H,(H,18,19);1-6H. The summed E-state index contributed by atoms with van der Waals surface area (Å²) in [6.45, 7) is 0. The van der Waals surface area contributed by atoms with Gasteiger partial charge in [0.25, 0.3) is 5.56 Å². The molecule has 0 saturated carbocycles. The highest BCUT2D eigenvalue weighted by atomic mass is 16.1. The highest BCUT2D eigenvalue weighted by molar-refractivity contribution is 5.71. The normalized spacial score (nSPS) is 9.76. The summed E-state index contributed by atoms with van der Waals surface area (Å²) in [5.74, 6) is 0. The van der Waals surface area contributed by atoms with Crippen LogP contribution in [0.3, 0.4) is 0 Å². The van der Waals surface area contributed by atoms with Gasteiger partial charge in [-0.15, -0.1) is 0 Å². The van der Waals surface area contributed by atoms with Crippen LogP contribution >= 0.6 is 0 Å². The topological polar surface area (TPSA) is 32.9 Å². The molecule has 25 heavy (non-hydrogen) atoms. The van der Waals surface area contributed by atoms with Crippen LogP contribution in [-0.4, -0.2) is 4.98 Å². The molecule has 2 heteroatoms. The number of aromatic nitrogens is 1. The molecule has 0 unspecified atom stereocenters. The van der Waals surface area contributed by atoms with Crippen molar-refractivity contribution in [3.05, 3.63) is 120 Å². The molecule has 122 valence electrons. The van der Waals surface area contributed by atoms with Crippen LogP contribution in [0.5, 0.6) is 0 Å². The molecule has 0 spiro atoms. The Morgan fingerprint density at radius 3 is 1.48 bits per heavy atom. The lowest BCUT2D eigenvalue weighted by Gasteiger charge is -2.05. The summed E-state index contributed by atoms with van der Waals surface area (Å²) in [4.78, 5) is 14.8. The van der Waals surface area contributed by atoms with E-state index in [0.29, 0.717) is 5.56 Å². The van der Waals surface area contributed by atoms with Gasteiger partial charge in [-0.05, 0) is 22.8 Å². The van der Waals surface area contributed by atoms with Gasteiger partial charge in [-0.25, -0.2) is 0 Å². The number of hydrogen-bond donors (Lipinski definition) is 1. The first-order valence-corrected chi connectivity index (χ1v) is 8.18. The van der Waals surface area contributed by atoms with Crippen molar-refractivity contribution in [3.63, 3.8) is 0 Å². The van der Waals surface area contributed by atoms with Crippen LogP contribution in [0.15, 0.2) is 114 Å². The maximum atomic E-state index is 11.9. The summed E-state index contributed by atoms with van der Waals surface area (Å²) in [5, 5.41) is 0. The quantitative estimate of drug-likeness (QED) is 0.526. The number of rotatable bonds is 2. The van der Waals surface area contributed by atoms with Gasteiger partial charge in [0.15, 0.2) is 0 Å². The third-order valence-electron chi connectivity index (χ3n) is 3.76. The highest BCUT2D eigenvalue weighted by Crippen LogP contribution is 2.22. The van der Waals surface area contributed by atoms with Crippen LogP contribution in [-0.2, 0) is 0 Å². The minimum Gasteiger partial charge on any atom is -0.328 e. The molecule has 4 rings (SSSR count). The summed E-state index contributed by atoms with van der Waals surface area (Å²) in [7, 11) is 0. The zero-order valence-electron chi connectivity index (χ0n) is 13.8. The lowest BCUT2D eigenvalue weighted by molar-refractivity contribution is 1.24. The van der Waals surface area contributed by atoms with Crippen molar-refractivity contribution in [2.75, 3.05) is 0 Å². The average Bonchev–Trinajstić information content (AvgIpc) is 2.71. The minimum absolute atomic E-state index is 0.0640. The Morgan fingerprint density at radius 2 is 0.960 bits per heavy atom. The Labute approximate surface area is 147 Å². The van der Waals surface area contributed by atoms with Crippen LogP contribution < -0.4 is 5.56 Å². The molecular weight excluding hydrogens is 306 g/mol. The molecule has 1 aromatic heterocycles. The van der Waals surface area contributed by atoms with E-state index in [1.807, 2.05) is 103 Å². The van der Waals surface area contributed by atoms with E-state index in [9.17, 15) is 4.79 Å². The maximum Gasteiger partial charge on any atom is 0.255 e. The number of benzene rings is 3. The van der Waals surface area contributed by atoms with Crippen molar-refractivity contribution in [2.45, 2.75) is 0 Å². The third kappa shape index (κ3) is 4.55. The fourth-order valence-corrected chi connectivity index (χ4v) is 2.50. The number of hydrogen-bond acceptors (Lipinski definition) is 1. The maximum absolute atomic E-state index is 11.9. The molecule has 0 atom stereocenters. The molecule has 4 aromatic rings. The van der Waals surface area contributed by atoms with E-state index >= 15 is 0 Å². The summed E-state index contributed by atoms with van der Waals surface area (Å²) in [5.41, 5.74) is 3.67. The summed E-state index contributed by atoms with van der Waals surface area (Å²) >= 11 is 0. The molecule has 1 heterocycles. The average molecular weight is 325 g/mol. The second kappa shape index (κ2) is 8.46. The van der Waals surface area contributed by atoms with Gasteiger partial charge in [0.05, 0.1) is 0 Å². The SMILES string of the molecule is O=c1[nH]cc(-c2ccccc2)cc1-c1ccccc1.c1ccccc1. The molecule has 0 aliphatic heterocycles. The Hall–Kier alpha value is -3.39. The molecule has 0 amide bonds. The molecule has 0 radical (unpaired) electrons. The fourth-order valence-electron chi connectivity index (χ4n) is 2.50. The van der Waals surface area contributed by atoms with E-state index in [2.05, 4.69) is 4.98 Å². The smallest absolute Gasteiger partial charge is 0.255 e. The van der Waals surface area contributed by atoms with Gasteiger partial charge in [0, 0.05) is 11.8 Å². The molecule has 0 saturated heterocycles. The first-order chi connectivity index (χ1) is 12.3. The van der Waals surface area contributed by atoms with E-state index in [1.54, 1.807) is 6.20 Å². The molecule has 0 aliphatic carbocycles. The molecule has 0 bridgehead atoms. The highest BCUT2D eigenvalue weighted by Gasteiger charge is 2.05. The van der Waals surface area contributed by atoms with E-state index < -0.39 is 0 Å². The minimum atomic E-state index is -0.0640. The predicted octanol–water partition coefficient (Wildman–Crippen LogP) is 5.40. The zero-order chi connectivity index (χ0) is 17.3. The summed E-state index contributed by atoms with van der Waals surface area (Å²) in [6, 6.07) is 33.7. The van der Waals surface area contributed by atoms with E-state index in [0.717, 1.165) is 16.7 Å². The summed E-state index contributed by atoms with van der Waals surface area (Å²) in [6.07, 6.45) is 1.75. The molecule has 1 N–H and O–H groups in total. The first-order valence-electron chi connectivity index (χ1n) is 8.18. The van der Waals surface area contributed by atoms with Crippen molar-refractivity contribution < 1.29 is 0 Å². The van der Waals surface area contributed by atoms with Crippen LogP contribution in [0, 0.1) is 0 Å². The third-order valence-corrected chi connectivity index (χ3v) is 3.76. The fraction of sp³-hybridized carbons (Fsp3) is 0. The van der Waals surface area contributed by atoms with Crippen LogP contribution in [0.4, 0.5) is 0 Å². The summed E-state index contributed by atoms with van der Waals surface area (Å²) < 4.78 is 0. The lowest BCUT2D eigenvalue weighted by atomic mass is 10.0. The molecule has 0 fully saturated rings. The van der Waals surface area contributed by atoms with Crippen molar-refractivity contribution >= 4 is 0 Å². The van der Waals surface area contributed by atoms with Gasteiger partial charge in [-0.1, -0.05) is 97.1 Å². The number of pyridine rings is 1. The number of aromatic amines is 1. The van der Waals surface area contributed by atoms with Crippen LogP contribution in [0.25, 0.3) is 22.3 Å². The van der Waals surface area contributed by atoms with Gasteiger partial charge >= 0.3 is 0 Å². The number of nitrogens with one attached hydrogen (secondary N) is 1. The Kier molecular flexibility index (Phi) is 5.57. The predicted molar refractivity (Wildman–Crippen MR) is 104 cm³/mol. The van der Waals surface area contributed by atoms with Gasteiger partial charge in [-0.3, -0.25) is 4.79 Å². The molecule has 0 aliphatic rings. The van der Waals surface area contributed by atoms with Crippen molar-refractivity contribution in [1.29, 1.82) is 0 Å². The second-order valence-corrected chi connectivity index (χ2v) is 5.52. The Morgan fingerprint density at radius 1 is 0.520 bits per heavy atom. The van der Waals surface area contributed by atoms with E-state index in [4.69, 9.17) is 0 Å². The molecule has 3 aromatic carbocycles. The van der Waals surface area contributed by atoms with Gasteiger partial charge in [-0.2, -0.15) is 0 Å². The van der Waals surface area contributed by atoms with Gasteiger partial charge < -0.3 is 4.98 Å². The van der Waals surface area contributed by atoms with Gasteiger partial charge in [0.2, 0.25) is 0 Å². The van der Waals surface area contributed by atoms with Crippen LogP contribution in [0.1, 0.15) is 0 Å². The molecular formula is C23H19NO. The first kappa shape index (κ1) is 16.5. The van der Waals surface area contributed by atoms with Crippen LogP contribution in [0.2, 0.25) is 0 Å². The Balaban J connectivity index is 0.000000258. The van der Waals surface area contributed by atoms with Crippen molar-refractivity contribution in [2.24, 2.45) is 0 Å². The zero-order valence-corrected chi connectivity index (χ0v) is 13.8. The van der Waals surface area contributed by atoms with Gasteiger partial charge in [0.1, 0.15) is 0 Å². The van der Waals surface area contributed by atoms with Crippen molar-refractivity contribution in [3.8, 4) is 22.3 Å². The largest absolute Gasteiger partial charge is 0.328 e. The monoisotopic (exact) mass is 325 g/mol. The van der Waals surface area contributed by atoms with E-state index in [1.165, 1.54) is 0 Å².